The lowest BCUT2D eigenvalue weighted by Gasteiger charge is -2.18. The summed E-state index contributed by atoms with van der Waals surface area (Å²) in [6.07, 6.45) is 0.846. The SMILES string of the molecule is COc1ccc(CC(N)C(C)OC)cc1Br. The fourth-order valence-corrected chi connectivity index (χ4v) is 2.04. The molecule has 2 N–H and O–H groups in total. The lowest BCUT2D eigenvalue weighted by molar-refractivity contribution is 0.0956. The van der Waals surface area contributed by atoms with Gasteiger partial charge >= 0.3 is 0 Å². The minimum atomic E-state index is 0.00490. The smallest absolute Gasteiger partial charge is 0.133 e. The molecule has 0 radical (unpaired) electrons. The van der Waals surface area contributed by atoms with Gasteiger partial charge in [-0.25, -0.2) is 0 Å². The van der Waals surface area contributed by atoms with Crippen LogP contribution in [0.3, 0.4) is 0 Å². The van der Waals surface area contributed by atoms with Gasteiger partial charge in [-0.05, 0) is 47.0 Å². The van der Waals surface area contributed by atoms with Crippen LogP contribution in [0.1, 0.15) is 12.5 Å². The van der Waals surface area contributed by atoms with E-state index in [1.54, 1.807) is 14.2 Å². The van der Waals surface area contributed by atoms with Crippen molar-refractivity contribution >= 4 is 15.9 Å². The summed E-state index contributed by atoms with van der Waals surface area (Å²) >= 11 is 3.45. The van der Waals surface area contributed by atoms with E-state index < -0.39 is 0 Å². The van der Waals surface area contributed by atoms with Gasteiger partial charge in [0.25, 0.3) is 0 Å². The van der Waals surface area contributed by atoms with Crippen LogP contribution in [0.4, 0.5) is 0 Å². The molecule has 3 nitrogen and oxygen atoms in total. The first kappa shape index (κ1) is 13.5. The topological polar surface area (TPSA) is 44.5 Å². The Balaban J connectivity index is 2.71. The lowest BCUT2D eigenvalue weighted by atomic mass is 10.0. The van der Waals surface area contributed by atoms with Gasteiger partial charge in [0.15, 0.2) is 0 Å². The molecular weight excluding hydrogens is 270 g/mol. The van der Waals surface area contributed by atoms with Crippen LogP contribution in [-0.4, -0.2) is 26.4 Å². The van der Waals surface area contributed by atoms with Crippen LogP contribution in [-0.2, 0) is 11.2 Å². The van der Waals surface area contributed by atoms with Gasteiger partial charge in [0.05, 0.1) is 17.7 Å². The zero-order valence-corrected chi connectivity index (χ0v) is 11.5. The molecular formula is C12H18BrNO2. The highest BCUT2D eigenvalue weighted by atomic mass is 79.9. The van der Waals surface area contributed by atoms with E-state index >= 15 is 0 Å². The van der Waals surface area contributed by atoms with Crippen molar-refractivity contribution in [3.63, 3.8) is 0 Å². The highest BCUT2D eigenvalue weighted by molar-refractivity contribution is 9.10. The summed E-state index contributed by atoms with van der Waals surface area (Å²) in [6.45, 7) is 1.98. The molecule has 0 saturated carbocycles. The molecule has 0 heterocycles. The van der Waals surface area contributed by atoms with E-state index in [1.807, 2.05) is 25.1 Å². The van der Waals surface area contributed by atoms with E-state index in [0.29, 0.717) is 0 Å². The summed E-state index contributed by atoms with van der Waals surface area (Å²) in [7, 11) is 3.33. The Labute approximate surface area is 105 Å². The second kappa shape index (κ2) is 6.23. The molecule has 16 heavy (non-hydrogen) atoms. The molecule has 0 aliphatic rings. The number of nitrogens with two attached hydrogens (primary N) is 1. The molecule has 2 atom stereocenters. The number of hydrogen-bond acceptors (Lipinski definition) is 3. The maximum Gasteiger partial charge on any atom is 0.133 e. The van der Waals surface area contributed by atoms with E-state index in [1.165, 1.54) is 5.56 Å². The fourth-order valence-electron chi connectivity index (χ4n) is 1.45. The summed E-state index contributed by atoms with van der Waals surface area (Å²) in [5, 5.41) is 0. The van der Waals surface area contributed by atoms with Crippen LogP contribution >= 0.6 is 15.9 Å². The molecule has 0 aliphatic heterocycles. The molecule has 1 aromatic rings. The highest BCUT2D eigenvalue weighted by Gasteiger charge is 2.13. The first-order chi connectivity index (χ1) is 7.58. The third kappa shape index (κ3) is 3.47. The number of rotatable bonds is 5. The Morgan fingerprint density at radius 1 is 1.38 bits per heavy atom. The first-order valence-electron chi connectivity index (χ1n) is 5.19. The standard InChI is InChI=1S/C12H18BrNO2/c1-8(15-2)11(14)7-9-4-5-12(16-3)10(13)6-9/h4-6,8,11H,7,14H2,1-3H3. The van der Waals surface area contributed by atoms with Gasteiger partial charge in [-0.2, -0.15) is 0 Å². The number of methoxy groups -OCH3 is 2. The summed E-state index contributed by atoms with van der Waals surface area (Å²) < 4.78 is 11.3. The van der Waals surface area contributed by atoms with E-state index in [2.05, 4.69) is 15.9 Å². The number of hydrogen-bond donors (Lipinski definition) is 1. The fraction of sp³-hybridized carbons (Fsp3) is 0.500. The summed E-state index contributed by atoms with van der Waals surface area (Å²) in [5.74, 6) is 0.831. The van der Waals surface area contributed by atoms with Gasteiger partial charge in [-0.3, -0.25) is 0 Å². The van der Waals surface area contributed by atoms with Crippen LogP contribution in [0.5, 0.6) is 5.75 Å². The highest BCUT2D eigenvalue weighted by Crippen LogP contribution is 2.26. The zero-order valence-electron chi connectivity index (χ0n) is 9.87. The van der Waals surface area contributed by atoms with Crippen LogP contribution in [0.2, 0.25) is 0 Å². The average molecular weight is 288 g/mol. The molecule has 2 unspecified atom stereocenters. The van der Waals surface area contributed by atoms with Crippen molar-refractivity contribution in [2.45, 2.75) is 25.5 Å². The monoisotopic (exact) mass is 287 g/mol. The van der Waals surface area contributed by atoms with Crippen LogP contribution < -0.4 is 10.5 Å². The summed E-state index contributed by atoms with van der Waals surface area (Å²) in [5.41, 5.74) is 7.18. The molecule has 1 rings (SSSR count). The Morgan fingerprint density at radius 2 is 2.06 bits per heavy atom. The number of benzene rings is 1. The van der Waals surface area contributed by atoms with Crippen molar-refractivity contribution in [3.05, 3.63) is 28.2 Å². The van der Waals surface area contributed by atoms with Crippen molar-refractivity contribution in [2.75, 3.05) is 14.2 Å². The maximum absolute atomic E-state index is 6.01. The molecule has 0 amide bonds. The Hall–Kier alpha value is -0.580. The second-order valence-corrected chi connectivity index (χ2v) is 4.63. The molecule has 0 aromatic heterocycles. The minimum absolute atomic E-state index is 0.00490. The lowest BCUT2D eigenvalue weighted by Crippen LogP contribution is -2.35. The van der Waals surface area contributed by atoms with Crippen molar-refractivity contribution in [3.8, 4) is 5.75 Å². The third-order valence-corrected chi connectivity index (χ3v) is 3.28. The molecule has 0 saturated heterocycles. The summed E-state index contributed by atoms with van der Waals surface area (Å²) in [4.78, 5) is 0. The van der Waals surface area contributed by atoms with Crippen molar-refractivity contribution in [1.82, 2.24) is 0 Å². The molecule has 1 aromatic carbocycles. The third-order valence-electron chi connectivity index (χ3n) is 2.66. The van der Waals surface area contributed by atoms with E-state index in [4.69, 9.17) is 15.2 Å². The van der Waals surface area contributed by atoms with Crippen molar-refractivity contribution < 1.29 is 9.47 Å². The molecule has 0 spiro atoms. The summed E-state index contributed by atoms with van der Waals surface area (Å²) in [6, 6.07) is 5.99. The molecule has 90 valence electrons. The van der Waals surface area contributed by atoms with Gasteiger partial charge in [0, 0.05) is 13.2 Å². The molecule has 0 fully saturated rings. The van der Waals surface area contributed by atoms with Gasteiger partial charge < -0.3 is 15.2 Å². The van der Waals surface area contributed by atoms with E-state index in [9.17, 15) is 0 Å². The quantitative estimate of drug-likeness (QED) is 0.904. The number of ether oxygens (including phenoxy) is 2. The van der Waals surface area contributed by atoms with Gasteiger partial charge in [0.2, 0.25) is 0 Å². The second-order valence-electron chi connectivity index (χ2n) is 3.78. The van der Waals surface area contributed by atoms with E-state index in [-0.39, 0.29) is 12.1 Å². The Bertz CT molecular complexity index is 344. The zero-order chi connectivity index (χ0) is 12.1. The van der Waals surface area contributed by atoms with Gasteiger partial charge in [-0.15, -0.1) is 0 Å². The normalized spacial score (nSPS) is 14.6. The molecule has 4 heteroatoms. The largest absolute Gasteiger partial charge is 0.496 e. The van der Waals surface area contributed by atoms with E-state index in [0.717, 1.165) is 16.6 Å². The van der Waals surface area contributed by atoms with Crippen LogP contribution in [0.25, 0.3) is 0 Å². The predicted molar refractivity (Wildman–Crippen MR) is 68.8 cm³/mol. The molecule has 0 bridgehead atoms. The van der Waals surface area contributed by atoms with Crippen molar-refractivity contribution in [2.24, 2.45) is 5.73 Å². The maximum atomic E-state index is 6.01. The number of halogens is 1. The van der Waals surface area contributed by atoms with Crippen LogP contribution in [0, 0.1) is 0 Å². The minimum Gasteiger partial charge on any atom is -0.496 e. The average Bonchev–Trinajstić information content (AvgIpc) is 2.28. The Morgan fingerprint density at radius 3 is 2.56 bits per heavy atom. The van der Waals surface area contributed by atoms with Gasteiger partial charge in [-0.1, -0.05) is 6.07 Å². The predicted octanol–water partition coefficient (Wildman–Crippen LogP) is 2.36. The van der Waals surface area contributed by atoms with Crippen molar-refractivity contribution in [1.29, 1.82) is 0 Å². The van der Waals surface area contributed by atoms with Gasteiger partial charge in [0.1, 0.15) is 5.75 Å². The molecule has 0 aliphatic carbocycles. The van der Waals surface area contributed by atoms with Crippen LogP contribution in [0.15, 0.2) is 22.7 Å². The Kier molecular flexibility index (Phi) is 5.25. The first-order valence-corrected chi connectivity index (χ1v) is 5.98.